The summed E-state index contributed by atoms with van der Waals surface area (Å²) >= 11 is 6.50. The predicted octanol–water partition coefficient (Wildman–Crippen LogP) is 3.04. The summed E-state index contributed by atoms with van der Waals surface area (Å²) < 4.78 is 20.6. The molecular formula is C22H25ClN2O6. The maximum absolute atomic E-state index is 13.0. The summed E-state index contributed by atoms with van der Waals surface area (Å²) in [6.45, 7) is 3.89. The Morgan fingerprint density at radius 3 is 2.35 bits per heavy atom. The largest absolute Gasteiger partial charge is 0.463 e. The smallest absolute Gasteiger partial charge is 0.336 e. The average molecular weight is 449 g/mol. The van der Waals surface area contributed by atoms with Gasteiger partial charge >= 0.3 is 11.9 Å². The molecule has 0 radical (unpaired) electrons. The minimum Gasteiger partial charge on any atom is -0.463 e. The molecule has 0 saturated carbocycles. The minimum atomic E-state index is -0.919. The number of carbonyl (C=O) groups excluding carboxylic acids is 2. The molecule has 0 amide bonds. The molecule has 2 atom stereocenters. The monoisotopic (exact) mass is 448 g/mol. The van der Waals surface area contributed by atoms with Crippen molar-refractivity contribution in [3.63, 3.8) is 0 Å². The van der Waals surface area contributed by atoms with Crippen LogP contribution in [-0.4, -0.2) is 58.3 Å². The molecule has 166 valence electrons. The maximum Gasteiger partial charge on any atom is 0.336 e. The highest BCUT2D eigenvalue weighted by atomic mass is 35.5. The van der Waals surface area contributed by atoms with Gasteiger partial charge in [-0.05, 0) is 25.5 Å². The molecule has 2 unspecified atom stereocenters. The van der Waals surface area contributed by atoms with E-state index >= 15 is 0 Å². The highest BCUT2D eigenvalue weighted by Gasteiger charge is 2.43. The molecule has 1 aliphatic heterocycles. The molecule has 0 bridgehead atoms. The second kappa shape index (κ2) is 11.6. The number of carbonyl (C=O) groups is 2. The molecule has 1 aromatic carbocycles. The minimum absolute atomic E-state index is 0.0381. The van der Waals surface area contributed by atoms with Crippen molar-refractivity contribution in [2.75, 3.05) is 40.6 Å². The van der Waals surface area contributed by atoms with Gasteiger partial charge in [0.05, 0.1) is 29.4 Å². The Hall–Kier alpha value is -2.73. The molecule has 1 aromatic rings. The van der Waals surface area contributed by atoms with E-state index in [0.717, 1.165) is 0 Å². The zero-order valence-electron chi connectivity index (χ0n) is 17.9. The fourth-order valence-electron chi connectivity index (χ4n) is 3.43. The van der Waals surface area contributed by atoms with E-state index in [0.29, 0.717) is 17.0 Å². The summed E-state index contributed by atoms with van der Waals surface area (Å²) in [7, 11) is 2.99. The second-order valence-corrected chi connectivity index (χ2v) is 7.20. The van der Waals surface area contributed by atoms with Crippen molar-refractivity contribution >= 4 is 29.3 Å². The summed E-state index contributed by atoms with van der Waals surface area (Å²) in [6.07, 6.45) is 0. The summed E-state index contributed by atoms with van der Waals surface area (Å²) in [5.41, 5.74) is 1.74. The van der Waals surface area contributed by atoms with Gasteiger partial charge in [-0.15, -0.1) is 0 Å². The van der Waals surface area contributed by atoms with Crippen LogP contribution in [0.2, 0.25) is 5.02 Å². The number of ether oxygens (including phenoxy) is 4. The number of esters is 2. The molecule has 0 aromatic heterocycles. The van der Waals surface area contributed by atoms with Gasteiger partial charge in [0.15, 0.2) is 0 Å². The summed E-state index contributed by atoms with van der Waals surface area (Å²) in [5.74, 6) is -2.96. The van der Waals surface area contributed by atoms with Crippen molar-refractivity contribution in [1.29, 1.82) is 5.26 Å². The van der Waals surface area contributed by atoms with Crippen LogP contribution in [0.25, 0.3) is 0 Å². The van der Waals surface area contributed by atoms with Gasteiger partial charge in [-0.3, -0.25) is 9.79 Å². The van der Waals surface area contributed by atoms with Crippen LogP contribution in [-0.2, 0) is 28.5 Å². The number of nitriles is 1. The van der Waals surface area contributed by atoms with E-state index in [2.05, 4.69) is 4.99 Å². The van der Waals surface area contributed by atoms with Gasteiger partial charge in [0.1, 0.15) is 25.2 Å². The highest BCUT2D eigenvalue weighted by molar-refractivity contribution is 6.32. The van der Waals surface area contributed by atoms with Gasteiger partial charge in [-0.25, -0.2) is 4.79 Å². The third-order valence-corrected chi connectivity index (χ3v) is 5.26. The summed E-state index contributed by atoms with van der Waals surface area (Å²) in [6, 6.07) is 6.92. The maximum atomic E-state index is 13.0. The lowest BCUT2D eigenvalue weighted by molar-refractivity contribution is -0.148. The van der Waals surface area contributed by atoms with Crippen LogP contribution < -0.4 is 0 Å². The Labute approximate surface area is 186 Å². The van der Waals surface area contributed by atoms with Crippen LogP contribution in [0.1, 0.15) is 30.9 Å². The van der Waals surface area contributed by atoms with Crippen molar-refractivity contribution < 1.29 is 28.5 Å². The first-order valence-corrected chi connectivity index (χ1v) is 10.0. The van der Waals surface area contributed by atoms with E-state index < -0.39 is 23.8 Å². The number of rotatable bonds is 9. The van der Waals surface area contributed by atoms with Crippen LogP contribution in [0.15, 0.2) is 34.5 Å². The molecule has 1 heterocycles. The van der Waals surface area contributed by atoms with Crippen molar-refractivity contribution in [2.45, 2.75) is 19.8 Å². The lowest BCUT2D eigenvalue weighted by Gasteiger charge is -2.32. The zero-order valence-corrected chi connectivity index (χ0v) is 18.7. The topological polar surface area (TPSA) is 107 Å². The Kier molecular flexibility index (Phi) is 9.19. The van der Waals surface area contributed by atoms with Gasteiger partial charge in [0.2, 0.25) is 0 Å². The molecule has 0 aliphatic carbocycles. The SMILES string of the molecule is COCCOC(=O)C1=C(C)N=C(C)C(C(=O)OCCOC)C1c1cccc(C#N)c1Cl. The lowest BCUT2D eigenvalue weighted by Crippen LogP contribution is -2.37. The number of benzene rings is 1. The zero-order chi connectivity index (χ0) is 23.0. The highest BCUT2D eigenvalue weighted by Crippen LogP contribution is 2.43. The average Bonchev–Trinajstić information content (AvgIpc) is 2.73. The number of nitrogens with zero attached hydrogens (tertiary/aromatic N) is 2. The Morgan fingerprint density at radius 2 is 1.74 bits per heavy atom. The third kappa shape index (κ3) is 5.70. The molecule has 31 heavy (non-hydrogen) atoms. The van der Waals surface area contributed by atoms with Crippen LogP contribution in [0.5, 0.6) is 0 Å². The summed E-state index contributed by atoms with van der Waals surface area (Å²) in [4.78, 5) is 30.4. The normalized spacial score (nSPS) is 18.3. The summed E-state index contributed by atoms with van der Waals surface area (Å²) in [5, 5.41) is 9.56. The van der Waals surface area contributed by atoms with E-state index in [1.165, 1.54) is 14.2 Å². The fraction of sp³-hybridized carbons (Fsp3) is 0.455. The van der Waals surface area contributed by atoms with E-state index in [9.17, 15) is 14.9 Å². The van der Waals surface area contributed by atoms with Crippen LogP contribution in [0.3, 0.4) is 0 Å². The standard InChI is InChI=1S/C22H25ClN2O6/c1-13-17(21(26)30-10-8-28-3)19(16-7-5-6-15(12-24)20(16)23)18(14(2)25-13)22(27)31-11-9-29-4/h5-7,17,19H,8-11H2,1-4H3. The van der Waals surface area contributed by atoms with Gasteiger partial charge in [-0.2, -0.15) is 5.26 Å². The molecule has 0 saturated heterocycles. The number of aliphatic imine (C=N–C) groups is 1. The van der Waals surface area contributed by atoms with Crippen LogP contribution in [0, 0.1) is 17.2 Å². The van der Waals surface area contributed by atoms with Crippen molar-refractivity contribution in [3.8, 4) is 6.07 Å². The third-order valence-electron chi connectivity index (χ3n) is 4.84. The van der Waals surface area contributed by atoms with Gasteiger partial charge < -0.3 is 18.9 Å². The van der Waals surface area contributed by atoms with Crippen molar-refractivity contribution in [3.05, 3.63) is 45.6 Å². The van der Waals surface area contributed by atoms with Gasteiger partial charge in [-0.1, -0.05) is 23.7 Å². The molecule has 9 heteroatoms. The fourth-order valence-corrected chi connectivity index (χ4v) is 3.72. The number of halogens is 1. The Balaban J connectivity index is 2.58. The molecule has 0 N–H and O–H groups in total. The number of allylic oxidation sites excluding steroid dienone is 1. The first-order valence-electron chi connectivity index (χ1n) is 9.63. The molecule has 0 fully saturated rings. The van der Waals surface area contributed by atoms with E-state index in [1.54, 1.807) is 32.0 Å². The number of hydrogen-bond acceptors (Lipinski definition) is 8. The predicted molar refractivity (Wildman–Crippen MR) is 114 cm³/mol. The Bertz CT molecular complexity index is 934. The molecule has 1 aliphatic rings. The van der Waals surface area contributed by atoms with E-state index in [1.807, 2.05) is 6.07 Å². The van der Waals surface area contributed by atoms with Crippen molar-refractivity contribution in [1.82, 2.24) is 0 Å². The second-order valence-electron chi connectivity index (χ2n) is 6.82. The quantitative estimate of drug-likeness (QED) is 0.422. The van der Waals surface area contributed by atoms with Gasteiger partial charge in [0.25, 0.3) is 0 Å². The molecule has 0 spiro atoms. The number of methoxy groups -OCH3 is 2. The first-order chi connectivity index (χ1) is 14.9. The van der Waals surface area contributed by atoms with E-state index in [4.69, 9.17) is 30.5 Å². The lowest BCUT2D eigenvalue weighted by atomic mass is 9.75. The first kappa shape index (κ1) is 24.5. The van der Waals surface area contributed by atoms with Crippen LogP contribution >= 0.6 is 11.6 Å². The molecule has 2 rings (SSSR count). The van der Waals surface area contributed by atoms with Crippen molar-refractivity contribution in [2.24, 2.45) is 10.9 Å². The van der Waals surface area contributed by atoms with Gasteiger partial charge in [0, 0.05) is 31.5 Å². The number of hydrogen-bond donors (Lipinski definition) is 0. The van der Waals surface area contributed by atoms with E-state index in [-0.39, 0.29) is 42.6 Å². The Morgan fingerprint density at radius 1 is 1.10 bits per heavy atom. The molecule has 8 nitrogen and oxygen atoms in total. The molecular weight excluding hydrogens is 424 g/mol. The van der Waals surface area contributed by atoms with Crippen LogP contribution in [0.4, 0.5) is 0 Å².